The number of aromatic amines is 1. The Bertz CT molecular complexity index is 707. The fraction of sp³-hybridized carbons (Fsp3) is 0.176. The molecule has 96 valence electrons. The van der Waals surface area contributed by atoms with Crippen LogP contribution >= 0.6 is 0 Å². The third-order valence-corrected chi connectivity index (χ3v) is 3.73. The maximum atomic E-state index is 10.8. The van der Waals surface area contributed by atoms with Crippen molar-refractivity contribution in [3.63, 3.8) is 0 Å². The van der Waals surface area contributed by atoms with Crippen molar-refractivity contribution in [2.45, 2.75) is 19.4 Å². The lowest BCUT2D eigenvalue weighted by Crippen LogP contribution is -2.22. The van der Waals surface area contributed by atoms with E-state index >= 15 is 0 Å². The van der Waals surface area contributed by atoms with Gasteiger partial charge < -0.3 is 10.1 Å². The Balaban J connectivity index is 2.09. The van der Waals surface area contributed by atoms with E-state index in [1.807, 2.05) is 68.6 Å². The van der Waals surface area contributed by atoms with Crippen LogP contribution in [-0.2, 0) is 5.60 Å². The van der Waals surface area contributed by atoms with E-state index in [9.17, 15) is 5.11 Å². The molecule has 0 bridgehead atoms. The number of hydrogen-bond acceptors (Lipinski definition) is 1. The van der Waals surface area contributed by atoms with Gasteiger partial charge in [-0.1, -0.05) is 35.9 Å². The summed E-state index contributed by atoms with van der Waals surface area (Å²) in [4.78, 5) is 3.16. The van der Waals surface area contributed by atoms with Crippen molar-refractivity contribution < 1.29 is 5.11 Å². The molecule has 0 amide bonds. The zero-order chi connectivity index (χ0) is 13.5. The maximum absolute atomic E-state index is 10.8. The van der Waals surface area contributed by atoms with E-state index in [-0.39, 0.29) is 0 Å². The van der Waals surface area contributed by atoms with Crippen LogP contribution in [0, 0.1) is 6.92 Å². The first-order valence-electron chi connectivity index (χ1n) is 6.44. The molecule has 2 aromatic carbocycles. The summed E-state index contributed by atoms with van der Waals surface area (Å²) in [5.41, 5.74) is 3.12. The molecule has 1 aromatic heterocycles. The number of H-pyrrole nitrogens is 1. The highest BCUT2D eigenvalue weighted by Gasteiger charge is 2.25. The molecule has 0 saturated carbocycles. The quantitative estimate of drug-likeness (QED) is 0.715. The smallest absolute Gasteiger partial charge is 0.112 e. The molecule has 2 heteroatoms. The van der Waals surface area contributed by atoms with Crippen LogP contribution in [0.1, 0.15) is 23.6 Å². The van der Waals surface area contributed by atoms with E-state index in [0.717, 1.165) is 22.0 Å². The Hall–Kier alpha value is -2.06. The van der Waals surface area contributed by atoms with E-state index in [1.54, 1.807) is 0 Å². The van der Waals surface area contributed by atoms with Crippen LogP contribution in [0.3, 0.4) is 0 Å². The molecule has 2 nitrogen and oxygen atoms in total. The van der Waals surface area contributed by atoms with Gasteiger partial charge >= 0.3 is 0 Å². The number of nitrogens with one attached hydrogen (secondary N) is 1. The molecule has 19 heavy (non-hydrogen) atoms. The van der Waals surface area contributed by atoms with Crippen molar-refractivity contribution in [2.24, 2.45) is 0 Å². The molecule has 0 aliphatic rings. The fourth-order valence-corrected chi connectivity index (χ4v) is 2.40. The van der Waals surface area contributed by atoms with Crippen LogP contribution < -0.4 is 0 Å². The van der Waals surface area contributed by atoms with Crippen molar-refractivity contribution >= 4 is 10.9 Å². The Kier molecular flexibility index (Phi) is 2.68. The minimum atomic E-state index is -0.973. The normalized spacial score (nSPS) is 14.5. The Morgan fingerprint density at radius 1 is 0.947 bits per heavy atom. The molecule has 3 aromatic rings. The Morgan fingerprint density at radius 3 is 2.37 bits per heavy atom. The lowest BCUT2D eigenvalue weighted by Gasteiger charge is -2.24. The second kappa shape index (κ2) is 4.25. The molecule has 0 aliphatic carbocycles. The molecule has 1 atom stereocenters. The minimum Gasteiger partial charge on any atom is -0.381 e. The van der Waals surface area contributed by atoms with Gasteiger partial charge in [0.1, 0.15) is 5.60 Å². The first-order chi connectivity index (χ1) is 9.07. The lowest BCUT2D eigenvalue weighted by atomic mass is 9.87. The first kappa shape index (κ1) is 12.0. The summed E-state index contributed by atoms with van der Waals surface area (Å²) in [6.07, 6.45) is 1.91. The summed E-state index contributed by atoms with van der Waals surface area (Å²) in [6.45, 7) is 3.88. The predicted molar refractivity (Wildman–Crippen MR) is 78.2 cm³/mol. The van der Waals surface area contributed by atoms with Gasteiger partial charge in [0.15, 0.2) is 0 Å². The molecule has 3 rings (SSSR count). The summed E-state index contributed by atoms with van der Waals surface area (Å²) < 4.78 is 0. The monoisotopic (exact) mass is 251 g/mol. The van der Waals surface area contributed by atoms with Gasteiger partial charge in [-0.2, -0.15) is 0 Å². The van der Waals surface area contributed by atoms with Gasteiger partial charge in [0, 0.05) is 11.7 Å². The van der Waals surface area contributed by atoms with Crippen LogP contribution in [0.5, 0.6) is 0 Å². The van der Waals surface area contributed by atoms with Crippen molar-refractivity contribution in [3.8, 4) is 0 Å². The molecular weight excluding hydrogens is 234 g/mol. The summed E-state index contributed by atoms with van der Waals surface area (Å²) in [7, 11) is 0. The van der Waals surface area contributed by atoms with Gasteiger partial charge in [-0.05, 0) is 48.6 Å². The number of benzene rings is 2. The van der Waals surface area contributed by atoms with Crippen molar-refractivity contribution in [1.29, 1.82) is 0 Å². The van der Waals surface area contributed by atoms with E-state index in [0.29, 0.717) is 0 Å². The van der Waals surface area contributed by atoms with Crippen LogP contribution in [0.15, 0.2) is 54.7 Å². The summed E-state index contributed by atoms with van der Waals surface area (Å²) >= 11 is 0. The molecule has 1 unspecified atom stereocenters. The highest BCUT2D eigenvalue weighted by atomic mass is 16.3. The second-order valence-electron chi connectivity index (χ2n) is 5.22. The number of fused-ring (bicyclic) bond motifs is 1. The summed E-state index contributed by atoms with van der Waals surface area (Å²) in [5.74, 6) is 0. The maximum Gasteiger partial charge on any atom is 0.112 e. The molecule has 0 spiro atoms. The Labute approximate surface area is 112 Å². The lowest BCUT2D eigenvalue weighted by molar-refractivity contribution is 0.102. The molecule has 0 radical (unpaired) electrons. The van der Waals surface area contributed by atoms with Gasteiger partial charge in [-0.25, -0.2) is 0 Å². The van der Waals surface area contributed by atoms with E-state index in [1.165, 1.54) is 5.56 Å². The average Bonchev–Trinajstić information content (AvgIpc) is 2.86. The zero-order valence-corrected chi connectivity index (χ0v) is 11.1. The van der Waals surface area contributed by atoms with Gasteiger partial charge in [0.25, 0.3) is 0 Å². The van der Waals surface area contributed by atoms with Crippen molar-refractivity contribution in [2.75, 3.05) is 0 Å². The molecule has 0 saturated heterocycles. The number of rotatable bonds is 2. The second-order valence-corrected chi connectivity index (χ2v) is 5.22. The highest BCUT2D eigenvalue weighted by Crippen LogP contribution is 2.31. The van der Waals surface area contributed by atoms with Crippen LogP contribution in [0.2, 0.25) is 0 Å². The zero-order valence-electron chi connectivity index (χ0n) is 11.1. The SMILES string of the molecule is Cc1ccc(C(C)(O)c2ccc3[nH]ccc3c2)cc1. The summed E-state index contributed by atoms with van der Waals surface area (Å²) in [5, 5.41) is 12.0. The largest absolute Gasteiger partial charge is 0.381 e. The number of hydrogen-bond donors (Lipinski definition) is 2. The van der Waals surface area contributed by atoms with Crippen LogP contribution in [0.4, 0.5) is 0 Å². The topological polar surface area (TPSA) is 36.0 Å². The molecule has 2 N–H and O–H groups in total. The highest BCUT2D eigenvalue weighted by molar-refractivity contribution is 5.80. The third kappa shape index (κ3) is 2.04. The van der Waals surface area contributed by atoms with E-state index in [2.05, 4.69) is 4.98 Å². The predicted octanol–water partition coefficient (Wildman–Crippen LogP) is 3.73. The molecular formula is C17H17NO. The van der Waals surface area contributed by atoms with Crippen molar-refractivity contribution in [3.05, 3.63) is 71.4 Å². The number of aryl methyl sites for hydroxylation is 1. The fourth-order valence-electron chi connectivity index (χ4n) is 2.40. The average molecular weight is 251 g/mol. The van der Waals surface area contributed by atoms with E-state index < -0.39 is 5.60 Å². The van der Waals surface area contributed by atoms with Crippen molar-refractivity contribution in [1.82, 2.24) is 4.98 Å². The molecule has 0 aliphatic heterocycles. The Morgan fingerprint density at radius 2 is 1.63 bits per heavy atom. The minimum absolute atomic E-state index is 0.906. The van der Waals surface area contributed by atoms with Crippen LogP contribution in [-0.4, -0.2) is 10.1 Å². The van der Waals surface area contributed by atoms with Gasteiger partial charge in [0.05, 0.1) is 0 Å². The summed E-state index contributed by atoms with van der Waals surface area (Å²) in [6, 6.07) is 16.0. The first-order valence-corrected chi connectivity index (χ1v) is 6.44. The van der Waals surface area contributed by atoms with Gasteiger partial charge in [-0.3, -0.25) is 0 Å². The standard InChI is InChI=1S/C17H17NO/c1-12-3-5-14(6-4-12)17(2,19)15-7-8-16-13(11-15)9-10-18-16/h3-11,18-19H,1-2H3. The molecule has 1 heterocycles. The van der Waals surface area contributed by atoms with Crippen LogP contribution in [0.25, 0.3) is 10.9 Å². The molecule has 0 fully saturated rings. The number of aliphatic hydroxyl groups is 1. The third-order valence-electron chi connectivity index (χ3n) is 3.73. The number of aromatic nitrogens is 1. The van der Waals surface area contributed by atoms with E-state index in [4.69, 9.17) is 0 Å². The van der Waals surface area contributed by atoms with Gasteiger partial charge in [-0.15, -0.1) is 0 Å². The van der Waals surface area contributed by atoms with Gasteiger partial charge in [0.2, 0.25) is 0 Å².